The summed E-state index contributed by atoms with van der Waals surface area (Å²) in [6.45, 7) is 4.89. The first-order chi connectivity index (χ1) is 8.75. The lowest BCUT2D eigenvalue weighted by Gasteiger charge is -2.11. The number of rotatable bonds is 2. The zero-order chi connectivity index (χ0) is 12.5. The zero-order valence-corrected chi connectivity index (χ0v) is 10.6. The van der Waals surface area contributed by atoms with Crippen LogP contribution in [0.15, 0.2) is 46.5 Å². The normalized spacial score (nSPS) is 13.1. The molecule has 90 valence electrons. The molecule has 1 aromatic heterocycles. The van der Waals surface area contributed by atoms with Gasteiger partial charge in [-0.2, -0.15) is 0 Å². The topological polar surface area (TPSA) is 37.6 Å². The second kappa shape index (κ2) is 4.33. The Morgan fingerprint density at radius 1 is 1.06 bits per heavy atom. The van der Waals surface area contributed by atoms with Gasteiger partial charge in [0.1, 0.15) is 6.67 Å². The van der Waals surface area contributed by atoms with Crippen LogP contribution >= 0.6 is 0 Å². The van der Waals surface area contributed by atoms with Gasteiger partial charge in [0.05, 0.1) is 16.4 Å². The van der Waals surface area contributed by atoms with E-state index in [0.717, 1.165) is 16.4 Å². The van der Waals surface area contributed by atoms with E-state index in [9.17, 15) is 0 Å². The van der Waals surface area contributed by atoms with Crippen LogP contribution in [0, 0.1) is 0 Å². The van der Waals surface area contributed by atoms with Crippen LogP contribution in [0.4, 0.5) is 0 Å². The minimum absolute atomic E-state index is 0.413. The van der Waals surface area contributed by atoms with Crippen molar-refractivity contribution in [3.8, 4) is 11.1 Å². The first kappa shape index (κ1) is 11.1. The second-order valence-electron chi connectivity index (χ2n) is 4.75. The predicted octanol–water partition coefficient (Wildman–Crippen LogP) is 2.08. The van der Waals surface area contributed by atoms with Gasteiger partial charge in [0.25, 0.3) is 0 Å². The summed E-state index contributed by atoms with van der Waals surface area (Å²) in [6, 6.07) is 10.4. The van der Waals surface area contributed by atoms with Crippen molar-refractivity contribution in [2.24, 2.45) is 9.98 Å². The summed E-state index contributed by atoms with van der Waals surface area (Å²) >= 11 is 0. The van der Waals surface area contributed by atoms with E-state index in [4.69, 9.17) is 0 Å². The highest BCUT2D eigenvalue weighted by Gasteiger charge is 2.10. The minimum Gasteiger partial charge on any atom is -0.260 e. The summed E-state index contributed by atoms with van der Waals surface area (Å²) in [5.41, 5.74) is 3.50. The van der Waals surface area contributed by atoms with Gasteiger partial charge in [-0.1, -0.05) is 26.0 Å². The van der Waals surface area contributed by atoms with Gasteiger partial charge in [-0.3, -0.25) is 15.0 Å². The average molecular weight is 237 g/mol. The highest BCUT2D eigenvalue weighted by atomic mass is 15.0. The molecule has 0 N–H and O–H groups in total. The van der Waals surface area contributed by atoms with Crippen LogP contribution in [0.5, 0.6) is 0 Å². The average Bonchev–Trinajstić information content (AvgIpc) is 2.85. The summed E-state index contributed by atoms with van der Waals surface area (Å²) in [5.74, 6) is 0.413. The molecule has 0 fully saturated rings. The van der Waals surface area contributed by atoms with E-state index in [0.29, 0.717) is 12.6 Å². The van der Waals surface area contributed by atoms with Gasteiger partial charge in [-0.25, -0.2) is 0 Å². The molecular formula is C15H15N3. The van der Waals surface area contributed by atoms with Crippen LogP contribution in [0.25, 0.3) is 11.1 Å². The third-order valence-electron chi connectivity index (χ3n) is 3.15. The summed E-state index contributed by atoms with van der Waals surface area (Å²) in [4.78, 5) is 13.2. The van der Waals surface area contributed by atoms with E-state index in [-0.39, 0.29) is 0 Å². The molecule has 3 rings (SSSR count). The van der Waals surface area contributed by atoms with Crippen LogP contribution < -0.4 is 10.7 Å². The Morgan fingerprint density at radius 2 is 1.89 bits per heavy atom. The summed E-state index contributed by atoms with van der Waals surface area (Å²) < 4.78 is 0. The lowest BCUT2D eigenvalue weighted by Crippen LogP contribution is -2.21. The van der Waals surface area contributed by atoms with Gasteiger partial charge >= 0.3 is 0 Å². The molecule has 0 radical (unpaired) electrons. The molecule has 1 aliphatic heterocycles. The molecule has 0 aliphatic carbocycles. The summed E-state index contributed by atoms with van der Waals surface area (Å²) in [7, 11) is 0. The van der Waals surface area contributed by atoms with Crippen molar-refractivity contribution in [1.29, 1.82) is 0 Å². The first-order valence-electron chi connectivity index (χ1n) is 6.20. The maximum absolute atomic E-state index is 4.49. The maximum atomic E-state index is 4.49. The zero-order valence-electron chi connectivity index (χ0n) is 10.6. The van der Waals surface area contributed by atoms with Gasteiger partial charge in [0, 0.05) is 11.8 Å². The molecule has 1 aliphatic rings. The number of hydrogen-bond acceptors (Lipinski definition) is 3. The molecule has 0 spiro atoms. The second-order valence-corrected chi connectivity index (χ2v) is 4.75. The fraction of sp³-hybridized carbons (Fsp3) is 0.267. The van der Waals surface area contributed by atoms with Crippen molar-refractivity contribution >= 4 is 0 Å². The van der Waals surface area contributed by atoms with Gasteiger partial charge in [0.2, 0.25) is 0 Å². The van der Waals surface area contributed by atoms with Gasteiger partial charge in [-0.05, 0) is 29.7 Å². The Morgan fingerprint density at radius 3 is 2.72 bits per heavy atom. The van der Waals surface area contributed by atoms with Crippen LogP contribution in [-0.4, -0.2) is 11.7 Å². The molecule has 0 unspecified atom stereocenters. The van der Waals surface area contributed by atoms with E-state index < -0.39 is 0 Å². The molecule has 2 heterocycles. The predicted molar refractivity (Wildman–Crippen MR) is 70.9 cm³/mol. The SMILES string of the molecule is CC(C)c1ncccc1-c1ccc2c(c1)=NCN=2. The molecule has 18 heavy (non-hydrogen) atoms. The molecule has 3 nitrogen and oxygen atoms in total. The fourth-order valence-electron chi connectivity index (χ4n) is 2.26. The lowest BCUT2D eigenvalue weighted by atomic mass is 9.97. The highest BCUT2D eigenvalue weighted by molar-refractivity contribution is 5.66. The Hall–Kier alpha value is -2.03. The third kappa shape index (κ3) is 1.82. The fourth-order valence-corrected chi connectivity index (χ4v) is 2.26. The third-order valence-corrected chi connectivity index (χ3v) is 3.15. The molecule has 0 amide bonds. The Bertz CT molecular complexity index is 702. The van der Waals surface area contributed by atoms with Crippen molar-refractivity contribution in [1.82, 2.24) is 4.98 Å². The minimum atomic E-state index is 0.413. The van der Waals surface area contributed by atoms with E-state index in [2.05, 4.69) is 47.0 Å². The molecule has 3 heteroatoms. The van der Waals surface area contributed by atoms with Crippen LogP contribution in [0.1, 0.15) is 25.5 Å². The number of hydrogen-bond donors (Lipinski definition) is 0. The van der Waals surface area contributed by atoms with Crippen LogP contribution in [-0.2, 0) is 0 Å². The Kier molecular flexibility index (Phi) is 2.67. The van der Waals surface area contributed by atoms with Crippen molar-refractivity contribution in [3.05, 3.63) is 52.9 Å². The van der Waals surface area contributed by atoms with Crippen LogP contribution in [0.2, 0.25) is 0 Å². The van der Waals surface area contributed by atoms with E-state index in [1.165, 1.54) is 11.1 Å². The van der Waals surface area contributed by atoms with Crippen LogP contribution in [0.3, 0.4) is 0 Å². The monoisotopic (exact) mass is 237 g/mol. The van der Waals surface area contributed by atoms with Crippen molar-refractivity contribution < 1.29 is 0 Å². The largest absolute Gasteiger partial charge is 0.260 e. The van der Waals surface area contributed by atoms with Crippen molar-refractivity contribution in [2.75, 3.05) is 6.67 Å². The molecule has 2 aromatic rings. The van der Waals surface area contributed by atoms with Gasteiger partial charge in [0.15, 0.2) is 0 Å². The maximum Gasteiger partial charge on any atom is 0.130 e. The Balaban J connectivity index is 2.20. The number of aromatic nitrogens is 1. The molecule has 0 saturated carbocycles. The van der Waals surface area contributed by atoms with Gasteiger partial charge < -0.3 is 0 Å². The lowest BCUT2D eigenvalue weighted by molar-refractivity contribution is 0.825. The van der Waals surface area contributed by atoms with Crippen molar-refractivity contribution in [3.63, 3.8) is 0 Å². The summed E-state index contributed by atoms with van der Waals surface area (Å²) in [6.07, 6.45) is 1.85. The van der Waals surface area contributed by atoms with Crippen molar-refractivity contribution in [2.45, 2.75) is 19.8 Å². The summed E-state index contributed by atoms with van der Waals surface area (Å²) in [5, 5.41) is 1.99. The van der Waals surface area contributed by atoms with Gasteiger partial charge in [-0.15, -0.1) is 0 Å². The Labute approximate surface area is 106 Å². The van der Waals surface area contributed by atoms with E-state index in [1.807, 2.05) is 18.3 Å². The number of fused-ring (bicyclic) bond motifs is 1. The molecule has 0 saturated heterocycles. The first-order valence-corrected chi connectivity index (χ1v) is 6.20. The highest BCUT2D eigenvalue weighted by Crippen LogP contribution is 2.25. The number of pyridine rings is 1. The standard InChI is InChI=1S/C15H15N3/c1-10(2)15-12(4-3-7-16-15)11-5-6-13-14(8-11)18-9-17-13/h3-8,10H,9H2,1-2H3. The number of benzene rings is 1. The molecule has 0 atom stereocenters. The smallest absolute Gasteiger partial charge is 0.130 e. The molecule has 1 aromatic carbocycles. The van der Waals surface area contributed by atoms with E-state index >= 15 is 0 Å². The molecular weight excluding hydrogens is 222 g/mol. The van der Waals surface area contributed by atoms with E-state index in [1.54, 1.807) is 0 Å². The number of nitrogens with zero attached hydrogens (tertiary/aromatic N) is 3. The quantitative estimate of drug-likeness (QED) is 0.788. The molecule has 0 bridgehead atoms.